The first-order chi connectivity index (χ1) is 7.39. The van der Waals surface area contributed by atoms with Gasteiger partial charge >= 0.3 is 6.18 Å². The maximum absolute atomic E-state index is 12.4. The number of alkyl halides is 3. The molecule has 0 saturated heterocycles. The van der Waals surface area contributed by atoms with Crippen LogP contribution >= 0.6 is 0 Å². The number of hydrogen-bond acceptors (Lipinski definition) is 2. The molecular weight excluding hydrogens is 219 g/mol. The lowest BCUT2D eigenvalue weighted by atomic mass is 9.86. The molecular formula is C11H10F3NO. The van der Waals surface area contributed by atoms with Crippen molar-refractivity contribution in [3.63, 3.8) is 0 Å². The zero-order valence-electron chi connectivity index (χ0n) is 8.34. The van der Waals surface area contributed by atoms with Gasteiger partial charge < -0.3 is 5.73 Å². The van der Waals surface area contributed by atoms with E-state index in [1.165, 1.54) is 6.07 Å². The molecule has 2 N–H and O–H groups in total. The number of fused-ring (bicyclic) bond motifs is 1. The smallest absolute Gasteiger partial charge is 0.321 e. The van der Waals surface area contributed by atoms with E-state index >= 15 is 0 Å². The maximum Gasteiger partial charge on any atom is 0.416 e. The summed E-state index contributed by atoms with van der Waals surface area (Å²) >= 11 is 0. The van der Waals surface area contributed by atoms with Gasteiger partial charge in [0.05, 0.1) is 11.6 Å². The number of Topliss-reactive ketones (excluding diaryl/α,β-unsaturated/α-hetero) is 1. The Morgan fingerprint density at radius 3 is 2.62 bits per heavy atom. The van der Waals surface area contributed by atoms with Crippen LogP contribution in [0.25, 0.3) is 0 Å². The molecule has 2 nitrogen and oxygen atoms in total. The first-order valence-corrected chi connectivity index (χ1v) is 4.89. The third-order valence-electron chi connectivity index (χ3n) is 2.76. The number of ketones is 1. The molecule has 0 bridgehead atoms. The van der Waals surface area contributed by atoms with Gasteiger partial charge in [0.15, 0.2) is 5.78 Å². The van der Waals surface area contributed by atoms with E-state index in [4.69, 9.17) is 5.73 Å². The van der Waals surface area contributed by atoms with Gasteiger partial charge in [0.2, 0.25) is 0 Å². The summed E-state index contributed by atoms with van der Waals surface area (Å²) in [5, 5.41) is 0. The van der Waals surface area contributed by atoms with Gasteiger partial charge in [0, 0.05) is 5.56 Å². The van der Waals surface area contributed by atoms with Gasteiger partial charge in [-0.2, -0.15) is 13.2 Å². The monoisotopic (exact) mass is 229 g/mol. The molecule has 0 fully saturated rings. The number of rotatable bonds is 0. The average molecular weight is 229 g/mol. The number of carbonyl (C=O) groups is 1. The molecule has 2 rings (SSSR count). The summed E-state index contributed by atoms with van der Waals surface area (Å²) in [5.41, 5.74) is 5.60. The van der Waals surface area contributed by atoms with E-state index in [0.29, 0.717) is 24.0 Å². The Hall–Kier alpha value is -1.36. The van der Waals surface area contributed by atoms with Crippen LogP contribution in [-0.4, -0.2) is 11.8 Å². The highest BCUT2D eigenvalue weighted by molar-refractivity contribution is 6.02. The van der Waals surface area contributed by atoms with Crippen LogP contribution in [0.3, 0.4) is 0 Å². The third-order valence-corrected chi connectivity index (χ3v) is 2.76. The SMILES string of the molecule is NC1CCc2cc(C(F)(F)F)ccc2C1=O. The predicted molar refractivity (Wildman–Crippen MR) is 52.1 cm³/mol. The molecule has 1 aromatic carbocycles. The van der Waals surface area contributed by atoms with Gasteiger partial charge in [0.25, 0.3) is 0 Å². The Morgan fingerprint density at radius 2 is 2.00 bits per heavy atom. The van der Waals surface area contributed by atoms with E-state index in [-0.39, 0.29) is 5.78 Å². The second-order valence-electron chi connectivity index (χ2n) is 3.88. The number of benzene rings is 1. The number of aryl methyl sites for hydroxylation is 1. The molecule has 0 heterocycles. The second-order valence-corrected chi connectivity index (χ2v) is 3.88. The van der Waals surface area contributed by atoms with Crippen molar-refractivity contribution in [1.29, 1.82) is 0 Å². The van der Waals surface area contributed by atoms with Crippen LogP contribution in [0.2, 0.25) is 0 Å². The summed E-state index contributed by atoms with van der Waals surface area (Å²) in [4.78, 5) is 11.6. The highest BCUT2D eigenvalue weighted by atomic mass is 19.4. The predicted octanol–water partition coefficient (Wildman–Crippen LogP) is 2.16. The minimum absolute atomic E-state index is 0.269. The van der Waals surface area contributed by atoms with E-state index in [2.05, 4.69) is 0 Å². The van der Waals surface area contributed by atoms with Crippen molar-refractivity contribution in [3.05, 3.63) is 34.9 Å². The van der Waals surface area contributed by atoms with Crippen LogP contribution in [0.4, 0.5) is 13.2 Å². The topological polar surface area (TPSA) is 43.1 Å². The molecule has 16 heavy (non-hydrogen) atoms. The van der Waals surface area contributed by atoms with Gasteiger partial charge in [-0.1, -0.05) is 6.07 Å². The molecule has 5 heteroatoms. The minimum atomic E-state index is -4.36. The molecule has 1 aliphatic rings. The van der Waals surface area contributed by atoms with Gasteiger partial charge in [-0.05, 0) is 30.5 Å². The summed E-state index contributed by atoms with van der Waals surface area (Å²) in [6.45, 7) is 0. The lowest BCUT2D eigenvalue weighted by Gasteiger charge is -2.21. The van der Waals surface area contributed by atoms with E-state index in [0.717, 1.165) is 12.1 Å². The molecule has 0 amide bonds. The number of carbonyl (C=O) groups excluding carboxylic acids is 1. The van der Waals surface area contributed by atoms with Gasteiger partial charge in [-0.25, -0.2) is 0 Å². The molecule has 1 unspecified atom stereocenters. The largest absolute Gasteiger partial charge is 0.416 e. The van der Waals surface area contributed by atoms with E-state index in [9.17, 15) is 18.0 Å². The Bertz CT molecular complexity index is 439. The number of hydrogen-bond donors (Lipinski definition) is 1. The molecule has 0 aliphatic heterocycles. The Labute approximate surface area is 90.2 Å². The van der Waals surface area contributed by atoms with Crippen molar-refractivity contribution in [3.8, 4) is 0 Å². The van der Waals surface area contributed by atoms with Crippen molar-refractivity contribution in [2.24, 2.45) is 5.73 Å². The van der Waals surface area contributed by atoms with Crippen molar-refractivity contribution in [2.45, 2.75) is 25.1 Å². The number of halogens is 3. The summed E-state index contributed by atoms with van der Waals surface area (Å²) in [6, 6.07) is 2.61. The molecule has 1 aromatic rings. The third kappa shape index (κ3) is 1.82. The molecule has 1 aliphatic carbocycles. The molecule has 0 spiro atoms. The first kappa shape index (κ1) is 11.1. The number of nitrogens with two attached hydrogens (primary N) is 1. The minimum Gasteiger partial charge on any atom is -0.321 e. The van der Waals surface area contributed by atoms with Crippen LogP contribution in [0.5, 0.6) is 0 Å². The van der Waals surface area contributed by atoms with Crippen LogP contribution in [-0.2, 0) is 12.6 Å². The fourth-order valence-corrected chi connectivity index (χ4v) is 1.86. The lowest BCUT2D eigenvalue weighted by molar-refractivity contribution is -0.137. The second kappa shape index (κ2) is 3.59. The van der Waals surface area contributed by atoms with Crippen molar-refractivity contribution in [2.75, 3.05) is 0 Å². The fraction of sp³-hybridized carbons (Fsp3) is 0.364. The fourth-order valence-electron chi connectivity index (χ4n) is 1.86. The summed E-state index contributed by atoms with van der Waals surface area (Å²) in [7, 11) is 0. The quantitative estimate of drug-likeness (QED) is 0.740. The van der Waals surface area contributed by atoms with Crippen molar-refractivity contribution in [1.82, 2.24) is 0 Å². The Morgan fingerprint density at radius 1 is 1.31 bits per heavy atom. The van der Waals surface area contributed by atoms with Crippen LogP contribution in [0, 0.1) is 0 Å². The summed E-state index contributed by atoms with van der Waals surface area (Å²) < 4.78 is 37.3. The van der Waals surface area contributed by atoms with Gasteiger partial charge in [-0.3, -0.25) is 4.79 Å². The van der Waals surface area contributed by atoms with Gasteiger partial charge in [-0.15, -0.1) is 0 Å². The van der Waals surface area contributed by atoms with Crippen molar-refractivity contribution >= 4 is 5.78 Å². The summed E-state index contributed by atoms with van der Waals surface area (Å²) in [5.74, 6) is -0.269. The van der Waals surface area contributed by atoms with E-state index < -0.39 is 17.8 Å². The van der Waals surface area contributed by atoms with Crippen LogP contribution < -0.4 is 5.73 Å². The van der Waals surface area contributed by atoms with E-state index in [1.54, 1.807) is 0 Å². The van der Waals surface area contributed by atoms with Crippen LogP contribution in [0.15, 0.2) is 18.2 Å². The lowest BCUT2D eigenvalue weighted by Crippen LogP contribution is -2.35. The molecule has 1 atom stereocenters. The van der Waals surface area contributed by atoms with Gasteiger partial charge in [0.1, 0.15) is 0 Å². The average Bonchev–Trinajstić information content (AvgIpc) is 2.22. The van der Waals surface area contributed by atoms with E-state index in [1.807, 2.05) is 0 Å². The highest BCUT2D eigenvalue weighted by Crippen LogP contribution is 2.32. The summed E-state index contributed by atoms with van der Waals surface area (Å²) in [6.07, 6.45) is -3.53. The Balaban J connectivity index is 2.45. The van der Waals surface area contributed by atoms with Crippen molar-refractivity contribution < 1.29 is 18.0 Å². The van der Waals surface area contributed by atoms with Crippen LogP contribution in [0.1, 0.15) is 27.9 Å². The molecule has 0 radical (unpaired) electrons. The molecule has 86 valence electrons. The normalized spacial score (nSPS) is 20.8. The maximum atomic E-state index is 12.4. The zero-order chi connectivity index (χ0) is 11.9. The highest BCUT2D eigenvalue weighted by Gasteiger charge is 2.33. The molecule has 0 aromatic heterocycles. The standard InChI is InChI=1S/C11H10F3NO/c12-11(13,14)7-2-3-8-6(5-7)1-4-9(15)10(8)16/h2-3,5,9H,1,4,15H2. The zero-order valence-corrected chi connectivity index (χ0v) is 8.34. The molecule has 0 saturated carbocycles. The first-order valence-electron chi connectivity index (χ1n) is 4.89. The Kier molecular flexibility index (Phi) is 2.50.